The largest absolute Gasteiger partial charge is 0.507 e. The van der Waals surface area contributed by atoms with Crippen LogP contribution < -0.4 is 10.3 Å². The molecule has 0 radical (unpaired) electrons. The summed E-state index contributed by atoms with van der Waals surface area (Å²) in [5.41, 5.74) is 4.86. The smallest absolute Gasteiger partial charge is 0.245 e. The molecule has 1 unspecified atom stereocenters. The molecule has 128 valence electrons. The highest BCUT2D eigenvalue weighted by Gasteiger charge is 2.35. The Morgan fingerprint density at radius 1 is 1.24 bits per heavy atom. The summed E-state index contributed by atoms with van der Waals surface area (Å²) in [7, 11) is 0. The molecule has 2 amide bonds. The van der Waals surface area contributed by atoms with E-state index >= 15 is 0 Å². The van der Waals surface area contributed by atoms with Gasteiger partial charge in [0.05, 0.1) is 12.1 Å². The van der Waals surface area contributed by atoms with Crippen LogP contribution in [-0.4, -0.2) is 29.7 Å². The molecular formula is C19H19N3O3. The molecule has 0 aliphatic carbocycles. The molecule has 2 aromatic carbocycles. The highest BCUT2D eigenvalue weighted by molar-refractivity contribution is 6.00. The van der Waals surface area contributed by atoms with Crippen LogP contribution in [0.15, 0.2) is 53.6 Å². The number of phenolic OH excluding ortho intramolecular Hbond substituents is 1. The van der Waals surface area contributed by atoms with Crippen molar-refractivity contribution in [3.8, 4) is 5.75 Å². The highest BCUT2D eigenvalue weighted by atomic mass is 16.3. The van der Waals surface area contributed by atoms with E-state index < -0.39 is 5.92 Å². The van der Waals surface area contributed by atoms with Gasteiger partial charge in [0.25, 0.3) is 0 Å². The van der Waals surface area contributed by atoms with E-state index in [2.05, 4.69) is 10.5 Å². The van der Waals surface area contributed by atoms with Crippen molar-refractivity contribution in [1.29, 1.82) is 0 Å². The van der Waals surface area contributed by atoms with Crippen LogP contribution in [0.25, 0.3) is 0 Å². The first-order valence-corrected chi connectivity index (χ1v) is 8.02. The molecule has 2 N–H and O–H groups in total. The molecule has 1 aliphatic rings. The maximum atomic E-state index is 12.2. The summed E-state index contributed by atoms with van der Waals surface area (Å²) >= 11 is 0. The quantitative estimate of drug-likeness (QED) is 0.663. The molecule has 0 saturated carbocycles. The lowest BCUT2D eigenvalue weighted by atomic mass is 10.1. The van der Waals surface area contributed by atoms with E-state index in [1.807, 2.05) is 31.2 Å². The molecule has 1 saturated heterocycles. The first-order chi connectivity index (χ1) is 12.0. The lowest BCUT2D eigenvalue weighted by Crippen LogP contribution is -2.30. The Balaban J connectivity index is 1.61. The van der Waals surface area contributed by atoms with Gasteiger partial charge < -0.3 is 10.0 Å². The maximum Gasteiger partial charge on any atom is 0.245 e. The van der Waals surface area contributed by atoms with Crippen molar-refractivity contribution in [2.24, 2.45) is 11.0 Å². The molecule has 1 heterocycles. The number of phenols is 1. The van der Waals surface area contributed by atoms with Crippen LogP contribution in [-0.2, 0) is 9.59 Å². The van der Waals surface area contributed by atoms with Gasteiger partial charge in [0.1, 0.15) is 5.75 Å². The molecule has 6 nitrogen and oxygen atoms in total. The number of carbonyl (C=O) groups is 2. The van der Waals surface area contributed by atoms with Crippen LogP contribution in [0.2, 0.25) is 0 Å². The Kier molecular flexibility index (Phi) is 4.79. The number of aryl methyl sites for hydroxylation is 1. The van der Waals surface area contributed by atoms with Crippen LogP contribution in [0, 0.1) is 12.8 Å². The minimum atomic E-state index is -0.449. The van der Waals surface area contributed by atoms with Gasteiger partial charge in [-0.25, -0.2) is 5.43 Å². The van der Waals surface area contributed by atoms with Crippen molar-refractivity contribution < 1.29 is 14.7 Å². The lowest BCUT2D eigenvalue weighted by molar-refractivity contribution is -0.126. The number of nitrogens with zero attached hydrogens (tertiary/aromatic N) is 2. The van der Waals surface area contributed by atoms with Crippen LogP contribution in [0.3, 0.4) is 0 Å². The van der Waals surface area contributed by atoms with Gasteiger partial charge in [-0.05, 0) is 31.2 Å². The van der Waals surface area contributed by atoms with E-state index in [1.54, 1.807) is 23.1 Å². The minimum absolute atomic E-state index is 0.0753. The third-order valence-corrected chi connectivity index (χ3v) is 4.16. The van der Waals surface area contributed by atoms with Crippen molar-refractivity contribution in [3.05, 3.63) is 59.7 Å². The zero-order valence-electron chi connectivity index (χ0n) is 13.8. The summed E-state index contributed by atoms with van der Waals surface area (Å²) in [6, 6.07) is 14.3. The number of hydrazone groups is 1. The van der Waals surface area contributed by atoms with Crippen LogP contribution in [0.4, 0.5) is 5.69 Å². The van der Waals surface area contributed by atoms with E-state index in [9.17, 15) is 14.7 Å². The number of benzene rings is 2. The summed E-state index contributed by atoms with van der Waals surface area (Å²) in [6.07, 6.45) is 1.54. The van der Waals surface area contributed by atoms with Crippen molar-refractivity contribution in [3.63, 3.8) is 0 Å². The van der Waals surface area contributed by atoms with E-state index in [0.29, 0.717) is 12.1 Å². The number of nitrogens with one attached hydrogen (secondary N) is 1. The molecule has 1 aliphatic heterocycles. The first kappa shape index (κ1) is 16.7. The molecule has 6 heteroatoms. The van der Waals surface area contributed by atoms with Gasteiger partial charge in [0, 0.05) is 24.2 Å². The third kappa shape index (κ3) is 3.85. The Labute approximate surface area is 145 Å². The fraction of sp³-hybridized carbons (Fsp3) is 0.211. The van der Waals surface area contributed by atoms with Gasteiger partial charge in [-0.2, -0.15) is 5.10 Å². The maximum absolute atomic E-state index is 12.2. The van der Waals surface area contributed by atoms with Gasteiger partial charge >= 0.3 is 0 Å². The monoisotopic (exact) mass is 337 g/mol. The van der Waals surface area contributed by atoms with E-state index in [-0.39, 0.29) is 24.0 Å². The molecule has 1 fully saturated rings. The van der Waals surface area contributed by atoms with E-state index in [1.165, 1.54) is 12.3 Å². The van der Waals surface area contributed by atoms with Gasteiger partial charge in [0.2, 0.25) is 11.8 Å². The van der Waals surface area contributed by atoms with E-state index in [4.69, 9.17) is 0 Å². The molecule has 25 heavy (non-hydrogen) atoms. The molecule has 0 bridgehead atoms. The predicted molar refractivity (Wildman–Crippen MR) is 95.5 cm³/mol. The van der Waals surface area contributed by atoms with Gasteiger partial charge in [-0.15, -0.1) is 0 Å². The number of carbonyl (C=O) groups excluding carboxylic acids is 2. The van der Waals surface area contributed by atoms with Crippen LogP contribution in [0.1, 0.15) is 17.5 Å². The zero-order valence-corrected chi connectivity index (χ0v) is 13.8. The summed E-state index contributed by atoms with van der Waals surface area (Å²) < 4.78 is 0. The number of para-hydroxylation sites is 1. The Bertz CT molecular complexity index is 815. The summed E-state index contributed by atoms with van der Waals surface area (Å²) in [5, 5.41) is 13.5. The second-order valence-corrected chi connectivity index (χ2v) is 6.03. The van der Waals surface area contributed by atoms with Crippen molar-refractivity contribution >= 4 is 23.7 Å². The zero-order chi connectivity index (χ0) is 17.8. The lowest BCUT2D eigenvalue weighted by Gasteiger charge is -2.16. The topological polar surface area (TPSA) is 82.0 Å². The Hall–Kier alpha value is -3.15. The molecule has 0 aromatic heterocycles. The number of anilines is 1. The summed E-state index contributed by atoms with van der Waals surface area (Å²) in [5.74, 6) is -0.749. The van der Waals surface area contributed by atoms with Gasteiger partial charge in [-0.3, -0.25) is 9.59 Å². The fourth-order valence-corrected chi connectivity index (χ4v) is 2.71. The summed E-state index contributed by atoms with van der Waals surface area (Å²) in [4.78, 5) is 26.0. The molecule has 2 aromatic rings. The molecule has 3 rings (SSSR count). The fourth-order valence-electron chi connectivity index (χ4n) is 2.71. The number of hydrogen-bond donors (Lipinski definition) is 2. The van der Waals surface area contributed by atoms with Crippen LogP contribution >= 0.6 is 0 Å². The standard InChI is InChI=1S/C19H19N3O3/c1-13-6-8-16(9-7-13)22-12-15(10-18(22)24)19(25)21-20-11-14-4-2-3-5-17(14)23/h2-9,11,15,23H,10,12H2,1H3,(H,21,25). The second-order valence-electron chi connectivity index (χ2n) is 6.03. The molecular weight excluding hydrogens is 318 g/mol. The minimum Gasteiger partial charge on any atom is -0.507 e. The number of amides is 2. The average molecular weight is 337 g/mol. The third-order valence-electron chi connectivity index (χ3n) is 4.16. The van der Waals surface area contributed by atoms with Crippen molar-refractivity contribution in [1.82, 2.24) is 5.43 Å². The number of aromatic hydroxyl groups is 1. The number of rotatable bonds is 4. The van der Waals surface area contributed by atoms with Crippen molar-refractivity contribution in [2.45, 2.75) is 13.3 Å². The average Bonchev–Trinajstić information content (AvgIpc) is 2.99. The van der Waals surface area contributed by atoms with E-state index in [0.717, 1.165) is 11.3 Å². The molecule has 0 spiro atoms. The Morgan fingerprint density at radius 3 is 2.68 bits per heavy atom. The first-order valence-electron chi connectivity index (χ1n) is 8.02. The highest BCUT2D eigenvalue weighted by Crippen LogP contribution is 2.25. The van der Waals surface area contributed by atoms with Crippen molar-refractivity contribution in [2.75, 3.05) is 11.4 Å². The van der Waals surface area contributed by atoms with Gasteiger partial charge in [-0.1, -0.05) is 29.8 Å². The predicted octanol–water partition coefficient (Wildman–Crippen LogP) is 2.20. The normalized spacial score (nSPS) is 17.2. The Morgan fingerprint density at radius 2 is 1.96 bits per heavy atom. The summed E-state index contributed by atoms with van der Waals surface area (Å²) in [6.45, 7) is 2.31. The second kappa shape index (κ2) is 7.17. The number of hydrogen-bond acceptors (Lipinski definition) is 4. The van der Waals surface area contributed by atoms with Crippen LogP contribution in [0.5, 0.6) is 5.75 Å². The SMILES string of the molecule is Cc1ccc(N2CC(C(=O)NN=Cc3ccccc3O)CC2=O)cc1. The molecule has 1 atom stereocenters. The van der Waals surface area contributed by atoms with Gasteiger partial charge in [0.15, 0.2) is 0 Å².